The number of anilines is 2. The number of nitriles is 2. The van der Waals surface area contributed by atoms with Gasteiger partial charge in [0.2, 0.25) is 0 Å². The molecule has 2 N–H and O–H groups in total. The third kappa shape index (κ3) is 1.61. The van der Waals surface area contributed by atoms with Gasteiger partial charge in [-0.15, -0.1) is 0 Å². The van der Waals surface area contributed by atoms with Gasteiger partial charge in [-0.1, -0.05) is 0 Å². The molecule has 4 nitrogen and oxygen atoms in total. The molecule has 1 fully saturated rings. The van der Waals surface area contributed by atoms with E-state index < -0.39 is 0 Å². The average Bonchev–Trinajstić information content (AvgIpc) is 2.84. The normalized spacial score (nSPS) is 14.9. The first kappa shape index (κ1) is 10.1. The summed E-state index contributed by atoms with van der Waals surface area (Å²) in [6.07, 6.45) is 2.33. The summed E-state index contributed by atoms with van der Waals surface area (Å²) in [7, 11) is 0. The molecular weight excluding hydrogens is 255 g/mol. The molecule has 1 aliphatic heterocycles. The van der Waals surface area contributed by atoms with Gasteiger partial charge in [0.15, 0.2) is 0 Å². The molecule has 15 heavy (non-hydrogen) atoms. The van der Waals surface area contributed by atoms with Crippen molar-refractivity contribution in [2.24, 2.45) is 0 Å². The van der Waals surface area contributed by atoms with E-state index in [9.17, 15) is 0 Å². The summed E-state index contributed by atoms with van der Waals surface area (Å²) in [5.41, 5.74) is 6.71. The number of rotatable bonds is 1. The second-order valence-electron chi connectivity index (χ2n) is 3.44. The molecular formula is C10H10N4Se. The van der Waals surface area contributed by atoms with Gasteiger partial charge in [-0.05, 0) is 0 Å². The van der Waals surface area contributed by atoms with Gasteiger partial charge in [0, 0.05) is 0 Å². The third-order valence-corrected chi connectivity index (χ3v) is 4.99. The second-order valence-corrected chi connectivity index (χ2v) is 5.54. The second kappa shape index (κ2) is 3.98. The van der Waals surface area contributed by atoms with Crippen LogP contribution in [0.4, 0.5) is 10.2 Å². The van der Waals surface area contributed by atoms with Gasteiger partial charge in [0.1, 0.15) is 0 Å². The zero-order valence-electron chi connectivity index (χ0n) is 8.16. The predicted octanol–water partition coefficient (Wildman–Crippen LogP) is 0.669. The number of hydrogen-bond donors (Lipinski definition) is 1. The van der Waals surface area contributed by atoms with Gasteiger partial charge < -0.3 is 0 Å². The molecule has 1 saturated heterocycles. The first-order chi connectivity index (χ1) is 7.27. The van der Waals surface area contributed by atoms with Crippen LogP contribution < -0.4 is 10.6 Å². The monoisotopic (exact) mass is 266 g/mol. The third-order valence-electron chi connectivity index (χ3n) is 2.53. The molecule has 0 bridgehead atoms. The van der Waals surface area contributed by atoms with E-state index in [2.05, 4.69) is 17.0 Å². The van der Waals surface area contributed by atoms with Gasteiger partial charge >= 0.3 is 94.0 Å². The van der Waals surface area contributed by atoms with E-state index in [1.165, 1.54) is 12.8 Å². The Balaban J connectivity index is 2.47. The Morgan fingerprint density at radius 1 is 1.20 bits per heavy atom. The Morgan fingerprint density at radius 2 is 1.87 bits per heavy atom. The Morgan fingerprint density at radius 3 is 2.40 bits per heavy atom. The summed E-state index contributed by atoms with van der Waals surface area (Å²) < 4.78 is 1.61. The van der Waals surface area contributed by atoms with E-state index >= 15 is 0 Å². The zero-order valence-corrected chi connectivity index (χ0v) is 9.87. The standard InChI is InChI=1S/C10H10N4Se/c11-5-7-9(13)8(6-12)15-10(7)14-3-1-2-4-14/h1-4,13H2. The molecule has 0 atom stereocenters. The molecule has 0 spiro atoms. The first-order valence-electron chi connectivity index (χ1n) is 4.75. The average molecular weight is 265 g/mol. The minimum absolute atomic E-state index is 0.0613. The number of nitrogens with zero attached hydrogens (tertiary/aromatic N) is 3. The Kier molecular flexibility index (Phi) is 2.68. The Labute approximate surface area is 94.3 Å². The van der Waals surface area contributed by atoms with Crippen LogP contribution in [0.2, 0.25) is 0 Å². The van der Waals surface area contributed by atoms with Gasteiger partial charge in [0.25, 0.3) is 0 Å². The zero-order chi connectivity index (χ0) is 10.8. The van der Waals surface area contributed by atoms with E-state index in [1.54, 1.807) is 0 Å². The summed E-state index contributed by atoms with van der Waals surface area (Å²) in [5, 5.41) is 17.9. The van der Waals surface area contributed by atoms with Crippen molar-refractivity contribution in [2.75, 3.05) is 23.7 Å². The molecule has 1 aromatic heterocycles. The van der Waals surface area contributed by atoms with E-state index in [0.29, 0.717) is 15.7 Å². The van der Waals surface area contributed by atoms with Gasteiger partial charge in [0.05, 0.1) is 0 Å². The van der Waals surface area contributed by atoms with E-state index in [1.807, 2.05) is 0 Å². The summed E-state index contributed by atoms with van der Waals surface area (Å²) in [6, 6.07) is 4.22. The van der Waals surface area contributed by atoms with Crippen LogP contribution in [0.5, 0.6) is 0 Å². The molecule has 0 aromatic carbocycles. The van der Waals surface area contributed by atoms with Crippen molar-refractivity contribution in [3.8, 4) is 12.1 Å². The van der Waals surface area contributed by atoms with Crippen molar-refractivity contribution < 1.29 is 0 Å². The fraction of sp³-hybridized carbons (Fsp3) is 0.400. The predicted molar refractivity (Wildman–Crippen MR) is 58.7 cm³/mol. The molecule has 5 heteroatoms. The van der Waals surface area contributed by atoms with Gasteiger partial charge in [-0.25, -0.2) is 0 Å². The molecule has 76 valence electrons. The fourth-order valence-electron chi connectivity index (χ4n) is 1.77. The van der Waals surface area contributed by atoms with Crippen LogP contribution >= 0.6 is 0 Å². The van der Waals surface area contributed by atoms with Crippen LogP contribution in [0.3, 0.4) is 0 Å². The molecule has 0 saturated carbocycles. The first-order valence-corrected chi connectivity index (χ1v) is 6.46. The molecule has 2 rings (SSSR count). The molecule has 1 aliphatic rings. The SMILES string of the molecule is N#Cc1[se]c(N2CCCC2)c(C#N)c1N. The molecule has 1 aromatic rings. The summed E-state index contributed by atoms with van der Waals surface area (Å²) in [6.45, 7) is 1.99. The molecule has 2 heterocycles. The van der Waals surface area contributed by atoms with Gasteiger partial charge in [-0.3, -0.25) is 0 Å². The maximum absolute atomic E-state index is 9.03. The van der Waals surface area contributed by atoms with Crippen LogP contribution in [-0.4, -0.2) is 27.6 Å². The van der Waals surface area contributed by atoms with E-state index in [0.717, 1.165) is 17.7 Å². The maximum atomic E-state index is 9.03. The number of nitrogens with two attached hydrogens (primary N) is 1. The molecule has 0 unspecified atom stereocenters. The Bertz CT molecular complexity index is 457. The van der Waals surface area contributed by atoms with Crippen molar-refractivity contribution in [2.45, 2.75) is 12.8 Å². The van der Waals surface area contributed by atoms with Gasteiger partial charge in [-0.2, -0.15) is 0 Å². The summed E-state index contributed by atoms with van der Waals surface area (Å²) in [5.74, 6) is 0. The van der Waals surface area contributed by atoms with Crippen molar-refractivity contribution in [1.82, 2.24) is 0 Å². The van der Waals surface area contributed by atoms with Crippen LogP contribution in [0.25, 0.3) is 0 Å². The van der Waals surface area contributed by atoms with E-state index in [-0.39, 0.29) is 14.5 Å². The molecule has 0 amide bonds. The fourth-order valence-corrected chi connectivity index (χ4v) is 3.91. The quantitative estimate of drug-likeness (QED) is 0.757. The number of nitrogen functional groups attached to an aromatic ring is 1. The molecule has 0 radical (unpaired) electrons. The van der Waals surface area contributed by atoms with Crippen LogP contribution in [-0.2, 0) is 0 Å². The van der Waals surface area contributed by atoms with Crippen molar-refractivity contribution >= 4 is 24.8 Å². The molecule has 0 aliphatic carbocycles. The van der Waals surface area contributed by atoms with E-state index in [4.69, 9.17) is 16.3 Å². The van der Waals surface area contributed by atoms with Crippen LogP contribution in [0.1, 0.15) is 22.8 Å². The minimum atomic E-state index is -0.0613. The van der Waals surface area contributed by atoms with Crippen LogP contribution in [0, 0.1) is 22.7 Å². The topological polar surface area (TPSA) is 76.8 Å². The van der Waals surface area contributed by atoms with Crippen LogP contribution in [0.15, 0.2) is 0 Å². The van der Waals surface area contributed by atoms with Crippen molar-refractivity contribution in [1.29, 1.82) is 10.5 Å². The van der Waals surface area contributed by atoms with Crippen molar-refractivity contribution in [3.05, 3.63) is 10.0 Å². The Hall–Kier alpha value is -1.42. The number of hydrogen-bond acceptors (Lipinski definition) is 4. The summed E-state index contributed by atoms with van der Waals surface area (Å²) in [4.78, 5) is 2.20. The van der Waals surface area contributed by atoms with Crippen molar-refractivity contribution in [3.63, 3.8) is 0 Å². The summed E-state index contributed by atoms with van der Waals surface area (Å²) >= 11 is -0.0613.